The van der Waals surface area contributed by atoms with E-state index in [1.165, 1.54) is 5.56 Å². The fourth-order valence-corrected chi connectivity index (χ4v) is 2.22. The average Bonchev–Trinajstić information content (AvgIpc) is 2.77. The van der Waals surface area contributed by atoms with E-state index in [1.807, 2.05) is 18.8 Å². The number of benzene rings is 1. The van der Waals surface area contributed by atoms with Crippen LogP contribution in [-0.2, 0) is 19.9 Å². The third-order valence-electron chi connectivity index (χ3n) is 3.14. The van der Waals surface area contributed by atoms with Crippen molar-refractivity contribution in [3.63, 3.8) is 0 Å². The maximum atomic E-state index is 4.30. The normalized spacial score (nSPS) is 12.6. The van der Waals surface area contributed by atoms with Crippen LogP contribution in [0.3, 0.4) is 0 Å². The van der Waals surface area contributed by atoms with Crippen LogP contribution in [0.15, 0.2) is 36.7 Å². The fraction of sp³-hybridized carbons (Fsp3) is 0.429. The van der Waals surface area contributed by atoms with E-state index in [2.05, 4.69) is 45.7 Å². The van der Waals surface area contributed by atoms with Crippen LogP contribution < -0.4 is 5.32 Å². The molecule has 2 rings (SSSR count). The van der Waals surface area contributed by atoms with Crippen molar-refractivity contribution < 1.29 is 0 Å². The molecule has 0 aliphatic rings. The smallest absolute Gasteiger partial charge is 0.138 e. The first kappa shape index (κ1) is 12.8. The molecule has 1 unspecified atom stereocenters. The van der Waals surface area contributed by atoms with Gasteiger partial charge in [0, 0.05) is 13.5 Å². The molecule has 18 heavy (non-hydrogen) atoms. The molecule has 0 saturated carbocycles. The minimum atomic E-state index is 0.542. The molecule has 4 nitrogen and oxygen atoms in total. The Balaban J connectivity index is 2.02. The van der Waals surface area contributed by atoms with Crippen molar-refractivity contribution in [3.8, 4) is 0 Å². The third-order valence-corrected chi connectivity index (χ3v) is 3.14. The number of hydrogen-bond acceptors (Lipinski definition) is 3. The Morgan fingerprint density at radius 1 is 1.22 bits per heavy atom. The van der Waals surface area contributed by atoms with Crippen molar-refractivity contribution in [2.75, 3.05) is 13.6 Å². The van der Waals surface area contributed by atoms with E-state index in [0.29, 0.717) is 5.92 Å². The molecule has 1 N–H and O–H groups in total. The summed E-state index contributed by atoms with van der Waals surface area (Å²) in [5.74, 6) is 1.59. The topological polar surface area (TPSA) is 42.7 Å². The SMILES string of the molecule is CNCC(Cc1ccccc1)Cc1ncnn1C. The van der Waals surface area contributed by atoms with E-state index >= 15 is 0 Å². The molecule has 1 heterocycles. The summed E-state index contributed by atoms with van der Waals surface area (Å²) in [5.41, 5.74) is 1.37. The molecular formula is C14H20N4. The number of nitrogens with zero attached hydrogens (tertiary/aromatic N) is 3. The van der Waals surface area contributed by atoms with E-state index in [1.54, 1.807) is 6.33 Å². The predicted molar refractivity (Wildman–Crippen MR) is 72.3 cm³/mol. The fourth-order valence-electron chi connectivity index (χ4n) is 2.22. The lowest BCUT2D eigenvalue weighted by Gasteiger charge is -2.16. The molecule has 0 aliphatic carbocycles. The van der Waals surface area contributed by atoms with Crippen LogP contribution in [0.4, 0.5) is 0 Å². The predicted octanol–water partition coefficient (Wildman–Crippen LogP) is 1.44. The lowest BCUT2D eigenvalue weighted by atomic mass is 9.96. The van der Waals surface area contributed by atoms with Crippen LogP contribution in [0.5, 0.6) is 0 Å². The van der Waals surface area contributed by atoms with Gasteiger partial charge >= 0.3 is 0 Å². The van der Waals surface area contributed by atoms with Crippen molar-refractivity contribution in [3.05, 3.63) is 48.0 Å². The van der Waals surface area contributed by atoms with Crippen LogP contribution in [0.1, 0.15) is 11.4 Å². The monoisotopic (exact) mass is 244 g/mol. The summed E-state index contributed by atoms with van der Waals surface area (Å²) in [5, 5.41) is 7.38. The van der Waals surface area contributed by atoms with E-state index < -0.39 is 0 Å². The van der Waals surface area contributed by atoms with Crippen LogP contribution in [0.25, 0.3) is 0 Å². The highest BCUT2D eigenvalue weighted by Crippen LogP contribution is 2.12. The molecule has 0 amide bonds. The molecule has 0 radical (unpaired) electrons. The summed E-state index contributed by atoms with van der Waals surface area (Å²) in [7, 11) is 3.94. The minimum absolute atomic E-state index is 0.542. The molecule has 0 fully saturated rings. The summed E-state index contributed by atoms with van der Waals surface area (Å²) >= 11 is 0. The van der Waals surface area contributed by atoms with Crippen LogP contribution in [0, 0.1) is 5.92 Å². The van der Waals surface area contributed by atoms with E-state index in [4.69, 9.17) is 0 Å². The molecule has 1 atom stereocenters. The second-order valence-corrected chi connectivity index (χ2v) is 4.62. The number of nitrogens with one attached hydrogen (secondary N) is 1. The van der Waals surface area contributed by atoms with Crippen LogP contribution in [-0.4, -0.2) is 28.4 Å². The molecule has 0 aliphatic heterocycles. The molecule has 96 valence electrons. The lowest BCUT2D eigenvalue weighted by molar-refractivity contribution is 0.471. The highest BCUT2D eigenvalue weighted by molar-refractivity contribution is 5.15. The zero-order valence-corrected chi connectivity index (χ0v) is 11.0. The molecule has 1 aromatic carbocycles. The third kappa shape index (κ3) is 3.40. The second kappa shape index (κ2) is 6.31. The Morgan fingerprint density at radius 2 is 2.00 bits per heavy atom. The van der Waals surface area contributed by atoms with Crippen molar-refractivity contribution in [1.29, 1.82) is 0 Å². The van der Waals surface area contributed by atoms with Gasteiger partial charge in [0.2, 0.25) is 0 Å². The Morgan fingerprint density at radius 3 is 2.61 bits per heavy atom. The van der Waals surface area contributed by atoms with Gasteiger partial charge in [-0.05, 0) is 31.5 Å². The zero-order chi connectivity index (χ0) is 12.8. The van der Waals surface area contributed by atoms with Gasteiger partial charge in [-0.2, -0.15) is 5.10 Å². The van der Waals surface area contributed by atoms with Gasteiger partial charge < -0.3 is 5.32 Å². The van der Waals surface area contributed by atoms with Crippen molar-refractivity contribution in [1.82, 2.24) is 20.1 Å². The van der Waals surface area contributed by atoms with E-state index in [9.17, 15) is 0 Å². The molecule has 0 bridgehead atoms. The molecule has 1 aromatic heterocycles. The zero-order valence-electron chi connectivity index (χ0n) is 11.0. The van der Waals surface area contributed by atoms with E-state index in [0.717, 1.165) is 25.2 Å². The van der Waals surface area contributed by atoms with Gasteiger partial charge in [0.15, 0.2) is 0 Å². The minimum Gasteiger partial charge on any atom is -0.319 e. The van der Waals surface area contributed by atoms with Gasteiger partial charge in [-0.3, -0.25) is 4.68 Å². The quantitative estimate of drug-likeness (QED) is 0.836. The van der Waals surface area contributed by atoms with Crippen molar-refractivity contribution >= 4 is 0 Å². The van der Waals surface area contributed by atoms with Crippen LogP contribution >= 0.6 is 0 Å². The first-order chi connectivity index (χ1) is 8.79. The molecular weight excluding hydrogens is 224 g/mol. The molecule has 2 aromatic rings. The number of rotatable bonds is 6. The molecule has 4 heteroatoms. The maximum Gasteiger partial charge on any atom is 0.138 e. The summed E-state index contributed by atoms with van der Waals surface area (Å²) in [6.45, 7) is 0.988. The molecule has 0 saturated heterocycles. The standard InChI is InChI=1S/C14H20N4/c1-15-10-13(8-12-6-4-3-5-7-12)9-14-16-11-17-18(14)2/h3-7,11,13,15H,8-10H2,1-2H3. The van der Waals surface area contributed by atoms with Gasteiger partial charge in [-0.25, -0.2) is 4.98 Å². The largest absolute Gasteiger partial charge is 0.319 e. The highest BCUT2D eigenvalue weighted by atomic mass is 15.3. The number of aryl methyl sites for hydroxylation is 1. The Hall–Kier alpha value is -1.68. The summed E-state index contributed by atoms with van der Waals surface area (Å²) in [4.78, 5) is 4.30. The Kier molecular flexibility index (Phi) is 4.47. The van der Waals surface area contributed by atoms with Gasteiger partial charge in [-0.15, -0.1) is 0 Å². The van der Waals surface area contributed by atoms with Crippen molar-refractivity contribution in [2.24, 2.45) is 13.0 Å². The van der Waals surface area contributed by atoms with Gasteiger partial charge in [0.1, 0.15) is 12.2 Å². The number of aromatic nitrogens is 3. The summed E-state index contributed by atoms with van der Waals surface area (Å²) in [6.07, 6.45) is 3.63. The van der Waals surface area contributed by atoms with Crippen molar-refractivity contribution in [2.45, 2.75) is 12.8 Å². The van der Waals surface area contributed by atoms with Gasteiger partial charge in [0.25, 0.3) is 0 Å². The number of hydrogen-bond donors (Lipinski definition) is 1. The van der Waals surface area contributed by atoms with Crippen LogP contribution in [0.2, 0.25) is 0 Å². The first-order valence-electron chi connectivity index (χ1n) is 6.31. The molecule has 0 spiro atoms. The summed E-state index contributed by atoms with van der Waals surface area (Å²) in [6, 6.07) is 10.6. The first-order valence-corrected chi connectivity index (χ1v) is 6.31. The Bertz CT molecular complexity index is 464. The summed E-state index contributed by atoms with van der Waals surface area (Å²) < 4.78 is 1.85. The Labute approximate surface area is 108 Å². The highest BCUT2D eigenvalue weighted by Gasteiger charge is 2.13. The maximum absolute atomic E-state index is 4.30. The van der Waals surface area contributed by atoms with E-state index in [-0.39, 0.29) is 0 Å². The second-order valence-electron chi connectivity index (χ2n) is 4.62. The average molecular weight is 244 g/mol. The van der Waals surface area contributed by atoms with Gasteiger partial charge in [0.05, 0.1) is 0 Å². The lowest BCUT2D eigenvalue weighted by Crippen LogP contribution is -2.24. The van der Waals surface area contributed by atoms with Gasteiger partial charge in [-0.1, -0.05) is 30.3 Å².